The second-order valence-corrected chi connectivity index (χ2v) is 3.33. The van der Waals surface area contributed by atoms with Gasteiger partial charge in [-0.25, -0.2) is 0 Å². The Morgan fingerprint density at radius 3 is 2.93 bits per heavy atom. The first-order chi connectivity index (χ1) is 6.74. The Balaban J connectivity index is 2.79. The molecule has 0 heterocycles. The predicted octanol–water partition coefficient (Wildman–Crippen LogP) is 4.32. The van der Waals surface area contributed by atoms with Gasteiger partial charge >= 0.3 is 0 Å². The van der Waals surface area contributed by atoms with Crippen LogP contribution in [0.5, 0.6) is 0 Å². The highest BCUT2D eigenvalue weighted by Gasteiger charge is 1.96. The highest BCUT2D eigenvalue weighted by Crippen LogP contribution is 2.21. The van der Waals surface area contributed by atoms with E-state index in [0.29, 0.717) is 16.6 Å². The zero-order chi connectivity index (χ0) is 10.4. The largest absolute Gasteiger partial charge is 0.0899 e. The lowest BCUT2D eigenvalue weighted by Crippen LogP contribution is -1.76. The summed E-state index contributed by atoms with van der Waals surface area (Å²) in [6.07, 6.45) is 3.49. The molecule has 0 aliphatic carbocycles. The molecule has 3 nitrogen and oxygen atoms in total. The van der Waals surface area contributed by atoms with Crippen molar-refractivity contribution in [2.75, 3.05) is 6.54 Å². The molecule has 0 saturated carbocycles. The van der Waals surface area contributed by atoms with E-state index in [4.69, 9.17) is 28.7 Å². The van der Waals surface area contributed by atoms with Crippen molar-refractivity contribution in [1.29, 1.82) is 0 Å². The molecule has 0 aromatic heterocycles. The van der Waals surface area contributed by atoms with Crippen molar-refractivity contribution in [2.24, 2.45) is 5.11 Å². The monoisotopic (exact) mass is 227 g/mol. The minimum absolute atomic E-state index is 0.305. The van der Waals surface area contributed by atoms with Crippen LogP contribution in [0.4, 0.5) is 0 Å². The third-order valence-electron chi connectivity index (χ3n) is 1.51. The molecular formula is C9H7Cl2N3. The van der Waals surface area contributed by atoms with Gasteiger partial charge in [-0.15, -0.1) is 0 Å². The minimum Gasteiger partial charge on any atom is -0.0899 e. The van der Waals surface area contributed by atoms with Crippen LogP contribution in [0.15, 0.2) is 29.4 Å². The van der Waals surface area contributed by atoms with Gasteiger partial charge in [-0.1, -0.05) is 40.5 Å². The molecule has 1 aromatic carbocycles. The van der Waals surface area contributed by atoms with Crippen LogP contribution in [-0.4, -0.2) is 6.54 Å². The van der Waals surface area contributed by atoms with Crippen molar-refractivity contribution in [3.63, 3.8) is 0 Å². The number of rotatable bonds is 3. The van der Waals surface area contributed by atoms with Crippen LogP contribution >= 0.6 is 23.2 Å². The summed E-state index contributed by atoms with van der Waals surface area (Å²) < 4.78 is 0. The smallest absolute Gasteiger partial charge is 0.0479 e. The molecule has 0 radical (unpaired) electrons. The van der Waals surface area contributed by atoms with Gasteiger partial charge in [0.1, 0.15) is 0 Å². The first-order valence-corrected chi connectivity index (χ1v) is 4.62. The molecule has 0 unspecified atom stereocenters. The fourth-order valence-corrected chi connectivity index (χ4v) is 1.27. The van der Waals surface area contributed by atoms with E-state index in [1.807, 2.05) is 0 Å². The molecule has 0 aliphatic rings. The molecule has 0 atom stereocenters. The SMILES string of the molecule is [N-]=[N+]=NCC=Cc1cc(Cl)ccc1Cl. The summed E-state index contributed by atoms with van der Waals surface area (Å²) in [6.45, 7) is 0.305. The molecule has 0 aliphatic heterocycles. The van der Waals surface area contributed by atoms with E-state index in [2.05, 4.69) is 10.0 Å². The second kappa shape index (κ2) is 5.55. The van der Waals surface area contributed by atoms with Crippen molar-refractivity contribution in [1.82, 2.24) is 0 Å². The van der Waals surface area contributed by atoms with E-state index >= 15 is 0 Å². The average molecular weight is 228 g/mol. The molecule has 72 valence electrons. The van der Waals surface area contributed by atoms with E-state index in [0.717, 1.165) is 5.56 Å². The fraction of sp³-hybridized carbons (Fsp3) is 0.111. The highest BCUT2D eigenvalue weighted by atomic mass is 35.5. The molecular weight excluding hydrogens is 221 g/mol. The summed E-state index contributed by atoms with van der Waals surface area (Å²) in [4.78, 5) is 2.62. The lowest BCUT2D eigenvalue weighted by Gasteiger charge is -1.97. The van der Waals surface area contributed by atoms with Crippen LogP contribution in [0.1, 0.15) is 5.56 Å². The fourth-order valence-electron chi connectivity index (χ4n) is 0.906. The summed E-state index contributed by atoms with van der Waals surface area (Å²) in [5.41, 5.74) is 8.85. The van der Waals surface area contributed by atoms with Crippen LogP contribution in [0, 0.1) is 0 Å². The van der Waals surface area contributed by atoms with Crippen molar-refractivity contribution in [2.45, 2.75) is 0 Å². The van der Waals surface area contributed by atoms with Gasteiger partial charge in [0.25, 0.3) is 0 Å². The normalized spacial score (nSPS) is 10.1. The van der Waals surface area contributed by atoms with E-state index in [1.165, 1.54) is 0 Å². The Morgan fingerprint density at radius 2 is 2.21 bits per heavy atom. The van der Waals surface area contributed by atoms with E-state index in [9.17, 15) is 0 Å². The van der Waals surface area contributed by atoms with Gasteiger partial charge in [-0.05, 0) is 29.3 Å². The van der Waals surface area contributed by atoms with Gasteiger partial charge in [0.15, 0.2) is 0 Å². The maximum atomic E-state index is 8.04. The van der Waals surface area contributed by atoms with Gasteiger partial charge in [-0.2, -0.15) is 0 Å². The van der Waals surface area contributed by atoms with Crippen LogP contribution in [0.3, 0.4) is 0 Å². The van der Waals surface area contributed by atoms with Crippen molar-refractivity contribution in [3.05, 3.63) is 50.3 Å². The van der Waals surface area contributed by atoms with Gasteiger partial charge in [0, 0.05) is 21.5 Å². The zero-order valence-corrected chi connectivity index (χ0v) is 8.70. The molecule has 0 saturated heterocycles. The standard InChI is InChI=1S/C9H7Cl2N3/c10-8-3-4-9(11)7(6-8)2-1-5-13-14-12/h1-4,6H,5H2. The maximum absolute atomic E-state index is 8.04. The predicted molar refractivity (Wildman–Crippen MR) is 59.5 cm³/mol. The summed E-state index contributed by atoms with van der Waals surface area (Å²) >= 11 is 11.7. The van der Waals surface area contributed by atoms with Crippen LogP contribution in [0.25, 0.3) is 16.5 Å². The summed E-state index contributed by atoms with van der Waals surface area (Å²) in [5, 5.41) is 4.60. The van der Waals surface area contributed by atoms with E-state index < -0.39 is 0 Å². The lowest BCUT2D eigenvalue weighted by atomic mass is 10.2. The molecule has 1 aromatic rings. The summed E-state index contributed by atoms with van der Waals surface area (Å²) in [5.74, 6) is 0. The van der Waals surface area contributed by atoms with Crippen molar-refractivity contribution < 1.29 is 0 Å². The Hall–Kier alpha value is -1.15. The molecule has 1 rings (SSSR count). The molecule has 5 heteroatoms. The van der Waals surface area contributed by atoms with Crippen LogP contribution < -0.4 is 0 Å². The molecule has 0 bridgehead atoms. The quantitative estimate of drug-likeness (QED) is 0.420. The summed E-state index contributed by atoms with van der Waals surface area (Å²) in [6, 6.07) is 5.18. The number of hydrogen-bond donors (Lipinski definition) is 0. The van der Waals surface area contributed by atoms with Gasteiger partial charge in [0.05, 0.1) is 0 Å². The molecule has 0 fully saturated rings. The Labute approximate surface area is 91.6 Å². The average Bonchev–Trinajstić information content (AvgIpc) is 2.18. The third-order valence-corrected chi connectivity index (χ3v) is 2.09. The number of azide groups is 1. The third kappa shape index (κ3) is 3.30. The topological polar surface area (TPSA) is 48.8 Å². The lowest BCUT2D eigenvalue weighted by molar-refractivity contribution is 1.22. The number of benzene rings is 1. The Kier molecular flexibility index (Phi) is 4.33. The zero-order valence-electron chi connectivity index (χ0n) is 7.19. The Bertz CT molecular complexity index is 395. The van der Waals surface area contributed by atoms with Crippen molar-refractivity contribution >= 4 is 29.3 Å². The van der Waals surface area contributed by atoms with Crippen molar-refractivity contribution in [3.8, 4) is 0 Å². The molecule has 0 spiro atoms. The first kappa shape index (κ1) is 10.9. The van der Waals surface area contributed by atoms with Gasteiger partial charge in [-0.3, -0.25) is 0 Å². The van der Waals surface area contributed by atoms with Gasteiger partial charge in [0.2, 0.25) is 0 Å². The molecule has 0 amide bonds. The summed E-state index contributed by atoms with van der Waals surface area (Å²) in [7, 11) is 0. The second-order valence-electron chi connectivity index (χ2n) is 2.48. The van der Waals surface area contributed by atoms with Gasteiger partial charge < -0.3 is 0 Å². The molecule has 14 heavy (non-hydrogen) atoms. The van der Waals surface area contributed by atoms with Crippen LogP contribution in [0.2, 0.25) is 10.0 Å². The highest BCUT2D eigenvalue weighted by molar-refractivity contribution is 6.34. The maximum Gasteiger partial charge on any atom is 0.0479 e. The van der Waals surface area contributed by atoms with Crippen LogP contribution in [-0.2, 0) is 0 Å². The molecule has 0 N–H and O–H groups in total. The number of halogens is 2. The van der Waals surface area contributed by atoms with E-state index in [1.54, 1.807) is 30.4 Å². The number of nitrogens with zero attached hydrogens (tertiary/aromatic N) is 3. The van der Waals surface area contributed by atoms with E-state index in [-0.39, 0.29) is 0 Å². The minimum atomic E-state index is 0.305. The Morgan fingerprint density at radius 1 is 1.43 bits per heavy atom. The number of hydrogen-bond acceptors (Lipinski definition) is 1. The first-order valence-electron chi connectivity index (χ1n) is 3.86.